The third-order valence-electron chi connectivity index (χ3n) is 2.45. The smallest absolute Gasteiger partial charge is 0.339 e. The van der Waals surface area contributed by atoms with Crippen LogP contribution in [0.3, 0.4) is 0 Å². The molecule has 94 valence electrons. The first kappa shape index (κ1) is 12.7. The quantitative estimate of drug-likeness (QED) is 0.796. The Morgan fingerprint density at radius 2 is 1.83 bits per heavy atom. The molecule has 0 aliphatic carbocycles. The summed E-state index contributed by atoms with van der Waals surface area (Å²) in [6.45, 7) is 2.12. The SMILES string of the molecule is Cc1cc(OCc2ccc(CCl)cc2)cc(=O)o1. The van der Waals surface area contributed by atoms with Crippen LogP contribution in [0.25, 0.3) is 0 Å². The Labute approximate surface area is 110 Å². The molecule has 1 aromatic heterocycles. The van der Waals surface area contributed by atoms with Gasteiger partial charge in [-0.2, -0.15) is 0 Å². The molecule has 0 saturated carbocycles. The zero-order valence-electron chi connectivity index (χ0n) is 9.98. The highest BCUT2D eigenvalue weighted by atomic mass is 35.5. The monoisotopic (exact) mass is 264 g/mol. The minimum atomic E-state index is -0.400. The lowest BCUT2D eigenvalue weighted by Gasteiger charge is -2.06. The maximum absolute atomic E-state index is 11.1. The standard InChI is InChI=1S/C14H13ClO3/c1-10-6-13(7-14(16)18-10)17-9-12-4-2-11(8-15)3-5-12/h2-7H,8-9H2,1H3. The number of hydrogen-bond acceptors (Lipinski definition) is 3. The van der Waals surface area contributed by atoms with Gasteiger partial charge in [-0.15, -0.1) is 11.6 Å². The molecule has 0 N–H and O–H groups in total. The highest BCUT2D eigenvalue weighted by molar-refractivity contribution is 6.17. The molecule has 18 heavy (non-hydrogen) atoms. The Bertz CT molecular complexity index is 572. The predicted octanol–water partition coefficient (Wildman–Crippen LogP) is 3.27. The van der Waals surface area contributed by atoms with Gasteiger partial charge in [0.15, 0.2) is 0 Å². The lowest BCUT2D eigenvalue weighted by Crippen LogP contribution is -2.02. The first-order chi connectivity index (χ1) is 8.67. The molecular weight excluding hydrogens is 252 g/mol. The molecule has 0 amide bonds. The van der Waals surface area contributed by atoms with Gasteiger partial charge in [-0.05, 0) is 18.1 Å². The average molecular weight is 265 g/mol. The summed E-state index contributed by atoms with van der Waals surface area (Å²) in [5.74, 6) is 1.56. The molecule has 1 heterocycles. The van der Waals surface area contributed by atoms with Crippen molar-refractivity contribution in [3.8, 4) is 5.75 Å². The first-order valence-electron chi connectivity index (χ1n) is 5.56. The van der Waals surface area contributed by atoms with Gasteiger partial charge in [0, 0.05) is 11.9 Å². The van der Waals surface area contributed by atoms with Crippen LogP contribution < -0.4 is 10.4 Å². The van der Waals surface area contributed by atoms with Crippen molar-refractivity contribution >= 4 is 11.6 Å². The van der Waals surface area contributed by atoms with E-state index in [1.807, 2.05) is 24.3 Å². The van der Waals surface area contributed by atoms with Crippen molar-refractivity contribution in [2.75, 3.05) is 0 Å². The average Bonchev–Trinajstić information content (AvgIpc) is 2.36. The molecule has 1 aromatic carbocycles. The number of aryl methyl sites for hydroxylation is 1. The van der Waals surface area contributed by atoms with Crippen LogP contribution in [0.1, 0.15) is 16.9 Å². The van der Waals surface area contributed by atoms with E-state index in [-0.39, 0.29) is 0 Å². The minimum absolute atomic E-state index is 0.400. The fourth-order valence-corrected chi connectivity index (χ4v) is 1.73. The van der Waals surface area contributed by atoms with Gasteiger partial charge in [-0.3, -0.25) is 0 Å². The number of ether oxygens (including phenoxy) is 1. The Hall–Kier alpha value is -1.74. The van der Waals surface area contributed by atoms with Crippen molar-refractivity contribution in [2.24, 2.45) is 0 Å². The number of benzene rings is 1. The van der Waals surface area contributed by atoms with Crippen molar-refractivity contribution in [3.05, 3.63) is 63.7 Å². The summed E-state index contributed by atoms with van der Waals surface area (Å²) < 4.78 is 10.4. The van der Waals surface area contributed by atoms with Crippen LogP contribution in [0.15, 0.2) is 45.6 Å². The fourth-order valence-electron chi connectivity index (χ4n) is 1.55. The maximum atomic E-state index is 11.1. The second kappa shape index (κ2) is 5.74. The maximum Gasteiger partial charge on any atom is 0.339 e. The molecule has 0 fully saturated rings. The molecular formula is C14H13ClO3. The minimum Gasteiger partial charge on any atom is -0.489 e. The molecule has 4 heteroatoms. The Morgan fingerprint density at radius 3 is 2.44 bits per heavy atom. The lowest BCUT2D eigenvalue weighted by molar-refractivity contribution is 0.300. The van der Waals surface area contributed by atoms with E-state index in [0.717, 1.165) is 11.1 Å². The molecule has 0 spiro atoms. The Morgan fingerprint density at radius 1 is 1.17 bits per heavy atom. The Kier molecular flexibility index (Phi) is 4.05. The van der Waals surface area contributed by atoms with Crippen LogP contribution in [-0.4, -0.2) is 0 Å². The molecule has 2 rings (SSSR count). The predicted molar refractivity (Wildman–Crippen MR) is 70.0 cm³/mol. The zero-order chi connectivity index (χ0) is 13.0. The topological polar surface area (TPSA) is 39.4 Å². The third-order valence-corrected chi connectivity index (χ3v) is 2.76. The number of halogens is 1. The second-order valence-corrected chi connectivity index (χ2v) is 4.23. The van der Waals surface area contributed by atoms with Crippen LogP contribution in [-0.2, 0) is 12.5 Å². The van der Waals surface area contributed by atoms with Gasteiger partial charge >= 0.3 is 5.63 Å². The van der Waals surface area contributed by atoms with Crippen molar-refractivity contribution in [1.82, 2.24) is 0 Å². The van der Waals surface area contributed by atoms with Gasteiger partial charge in [-0.25, -0.2) is 4.79 Å². The highest BCUT2D eigenvalue weighted by Crippen LogP contribution is 2.13. The van der Waals surface area contributed by atoms with Crippen molar-refractivity contribution in [1.29, 1.82) is 0 Å². The van der Waals surface area contributed by atoms with E-state index in [9.17, 15) is 4.79 Å². The second-order valence-electron chi connectivity index (χ2n) is 3.96. The number of hydrogen-bond donors (Lipinski definition) is 0. The lowest BCUT2D eigenvalue weighted by atomic mass is 10.2. The summed E-state index contributed by atoms with van der Waals surface area (Å²) in [4.78, 5) is 11.1. The molecule has 0 atom stereocenters. The van der Waals surface area contributed by atoms with Crippen LogP contribution in [0.5, 0.6) is 5.75 Å². The van der Waals surface area contributed by atoms with Crippen molar-refractivity contribution in [3.63, 3.8) is 0 Å². The molecule has 0 saturated heterocycles. The van der Waals surface area contributed by atoms with Gasteiger partial charge < -0.3 is 9.15 Å². The van der Waals surface area contributed by atoms with Crippen molar-refractivity contribution in [2.45, 2.75) is 19.4 Å². The van der Waals surface area contributed by atoms with E-state index in [2.05, 4.69) is 0 Å². The molecule has 2 aromatic rings. The summed E-state index contributed by atoms with van der Waals surface area (Å²) in [5.41, 5.74) is 1.69. The molecule has 0 radical (unpaired) electrons. The van der Waals surface area contributed by atoms with E-state index in [4.69, 9.17) is 20.8 Å². The summed E-state index contributed by atoms with van der Waals surface area (Å²) in [6, 6.07) is 10.8. The summed E-state index contributed by atoms with van der Waals surface area (Å²) in [5, 5.41) is 0. The fraction of sp³-hybridized carbons (Fsp3) is 0.214. The van der Waals surface area contributed by atoms with E-state index < -0.39 is 5.63 Å². The number of rotatable bonds is 4. The molecule has 3 nitrogen and oxygen atoms in total. The van der Waals surface area contributed by atoms with E-state index in [1.54, 1.807) is 13.0 Å². The zero-order valence-corrected chi connectivity index (χ0v) is 10.7. The molecule has 0 aliphatic rings. The van der Waals surface area contributed by atoms with Crippen LogP contribution in [0.4, 0.5) is 0 Å². The molecule has 0 bridgehead atoms. The highest BCUT2D eigenvalue weighted by Gasteiger charge is 2.00. The van der Waals surface area contributed by atoms with Crippen LogP contribution in [0.2, 0.25) is 0 Å². The molecule has 0 unspecified atom stereocenters. The first-order valence-corrected chi connectivity index (χ1v) is 6.09. The van der Waals surface area contributed by atoms with E-state index in [0.29, 0.717) is 24.0 Å². The van der Waals surface area contributed by atoms with Gasteiger partial charge in [0.25, 0.3) is 0 Å². The van der Waals surface area contributed by atoms with Crippen LogP contribution in [0, 0.1) is 6.92 Å². The van der Waals surface area contributed by atoms with Gasteiger partial charge in [0.05, 0.1) is 6.07 Å². The summed E-state index contributed by atoms with van der Waals surface area (Å²) in [7, 11) is 0. The number of alkyl halides is 1. The van der Waals surface area contributed by atoms with E-state index >= 15 is 0 Å². The van der Waals surface area contributed by atoms with Crippen LogP contribution >= 0.6 is 11.6 Å². The third kappa shape index (κ3) is 3.37. The summed E-state index contributed by atoms with van der Waals surface area (Å²) in [6.07, 6.45) is 0. The normalized spacial score (nSPS) is 10.3. The van der Waals surface area contributed by atoms with Gasteiger partial charge in [0.2, 0.25) is 0 Å². The van der Waals surface area contributed by atoms with Crippen molar-refractivity contribution < 1.29 is 9.15 Å². The molecule has 0 aliphatic heterocycles. The van der Waals surface area contributed by atoms with Gasteiger partial charge in [0.1, 0.15) is 18.1 Å². The van der Waals surface area contributed by atoms with E-state index in [1.165, 1.54) is 6.07 Å². The largest absolute Gasteiger partial charge is 0.489 e. The summed E-state index contributed by atoms with van der Waals surface area (Å²) >= 11 is 5.71. The van der Waals surface area contributed by atoms with Gasteiger partial charge in [-0.1, -0.05) is 24.3 Å². The Balaban J connectivity index is 2.04.